The molecule has 0 aromatic rings. The normalized spacial score (nSPS) is 23.9. The molecule has 100 valence electrons. The van der Waals surface area contributed by atoms with E-state index in [1.807, 2.05) is 0 Å². The van der Waals surface area contributed by atoms with E-state index >= 15 is 0 Å². The number of likely N-dealkylation sites (tertiary alicyclic amines) is 1. The molecule has 4 nitrogen and oxygen atoms in total. The third-order valence-electron chi connectivity index (χ3n) is 3.62. The quantitative estimate of drug-likeness (QED) is 0.775. The number of rotatable bonds is 6. The van der Waals surface area contributed by atoms with Crippen molar-refractivity contribution in [1.82, 2.24) is 4.90 Å². The van der Waals surface area contributed by atoms with Gasteiger partial charge in [0.2, 0.25) is 0 Å². The van der Waals surface area contributed by atoms with Crippen molar-refractivity contribution in [2.75, 3.05) is 20.3 Å². The summed E-state index contributed by atoms with van der Waals surface area (Å²) in [5.74, 6) is -0.203. The van der Waals surface area contributed by atoms with Gasteiger partial charge < -0.3 is 9.84 Å². The molecule has 1 saturated heterocycles. The second kappa shape index (κ2) is 6.97. The molecule has 1 aliphatic heterocycles. The van der Waals surface area contributed by atoms with E-state index in [0.717, 1.165) is 19.4 Å². The molecular weight excluding hydrogens is 218 g/mol. The van der Waals surface area contributed by atoms with Crippen LogP contribution in [0.25, 0.3) is 0 Å². The summed E-state index contributed by atoms with van der Waals surface area (Å²) in [4.78, 5) is 13.3. The molecule has 0 aliphatic carbocycles. The molecule has 1 fully saturated rings. The van der Waals surface area contributed by atoms with E-state index in [2.05, 4.69) is 18.7 Å². The number of hydrogen-bond acceptors (Lipinski definition) is 3. The highest BCUT2D eigenvalue weighted by Crippen LogP contribution is 2.25. The van der Waals surface area contributed by atoms with E-state index in [0.29, 0.717) is 18.6 Å². The Bertz CT molecular complexity index is 243. The smallest absolute Gasteiger partial charge is 0.304 e. The maximum atomic E-state index is 10.9. The summed E-state index contributed by atoms with van der Waals surface area (Å²) in [6.07, 6.45) is 3.57. The van der Waals surface area contributed by atoms with Gasteiger partial charge in [0, 0.05) is 19.2 Å². The van der Waals surface area contributed by atoms with Gasteiger partial charge in [-0.1, -0.05) is 20.3 Å². The Hall–Kier alpha value is -0.610. The van der Waals surface area contributed by atoms with Gasteiger partial charge in [0.25, 0.3) is 0 Å². The van der Waals surface area contributed by atoms with Crippen LogP contribution in [0.2, 0.25) is 0 Å². The third-order valence-corrected chi connectivity index (χ3v) is 3.62. The first-order valence-corrected chi connectivity index (χ1v) is 6.52. The summed E-state index contributed by atoms with van der Waals surface area (Å²) < 4.78 is 5.28. The van der Waals surface area contributed by atoms with E-state index in [4.69, 9.17) is 9.84 Å². The van der Waals surface area contributed by atoms with Crippen LogP contribution in [0.5, 0.6) is 0 Å². The molecule has 1 heterocycles. The van der Waals surface area contributed by atoms with Crippen molar-refractivity contribution in [1.29, 1.82) is 0 Å². The molecule has 2 atom stereocenters. The summed E-state index contributed by atoms with van der Waals surface area (Å²) in [5, 5.41) is 8.98. The van der Waals surface area contributed by atoms with Gasteiger partial charge in [-0.25, -0.2) is 0 Å². The zero-order chi connectivity index (χ0) is 12.8. The number of piperidine rings is 1. The lowest BCUT2D eigenvalue weighted by atomic mass is 9.93. The van der Waals surface area contributed by atoms with E-state index in [1.165, 1.54) is 6.42 Å². The number of carbonyl (C=O) groups is 1. The van der Waals surface area contributed by atoms with Crippen molar-refractivity contribution in [3.05, 3.63) is 0 Å². The fraction of sp³-hybridized carbons (Fsp3) is 0.923. The zero-order valence-electron chi connectivity index (χ0n) is 11.2. The average molecular weight is 243 g/mol. The molecule has 17 heavy (non-hydrogen) atoms. The van der Waals surface area contributed by atoms with Crippen molar-refractivity contribution >= 4 is 5.97 Å². The lowest BCUT2D eigenvalue weighted by Gasteiger charge is -2.42. The number of hydrogen-bond donors (Lipinski definition) is 1. The van der Waals surface area contributed by atoms with Crippen LogP contribution in [0.4, 0.5) is 0 Å². The molecule has 0 aromatic carbocycles. The van der Waals surface area contributed by atoms with Gasteiger partial charge in [-0.05, 0) is 25.3 Å². The highest BCUT2D eigenvalue weighted by Gasteiger charge is 2.31. The van der Waals surface area contributed by atoms with E-state index in [1.54, 1.807) is 7.11 Å². The predicted molar refractivity (Wildman–Crippen MR) is 67.1 cm³/mol. The minimum atomic E-state index is -0.693. The summed E-state index contributed by atoms with van der Waals surface area (Å²) >= 11 is 0. The summed E-state index contributed by atoms with van der Waals surface area (Å²) in [6.45, 7) is 6.05. The minimum absolute atomic E-state index is 0.184. The Balaban J connectivity index is 2.69. The van der Waals surface area contributed by atoms with Crippen molar-refractivity contribution in [2.45, 2.75) is 51.6 Å². The highest BCUT2D eigenvalue weighted by molar-refractivity contribution is 5.67. The number of carboxylic acid groups (broad SMARTS) is 1. The summed E-state index contributed by atoms with van der Waals surface area (Å²) in [7, 11) is 1.71. The van der Waals surface area contributed by atoms with Gasteiger partial charge in [-0.15, -0.1) is 0 Å². The largest absolute Gasteiger partial charge is 0.481 e. The minimum Gasteiger partial charge on any atom is -0.481 e. The predicted octanol–water partition coefficient (Wildman–Crippen LogP) is 1.99. The topological polar surface area (TPSA) is 49.8 Å². The van der Waals surface area contributed by atoms with E-state index in [-0.39, 0.29) is 12.5 Å². The number of nitrogens with zero attached hydrogens (tertiary/aromatic N) is 1. The molecule has 0 spiro atoms. The molecule has 1 N–H and O–H groups in total. The monoisotopic (exact) mass is 243 g/mol. The molecule has 4 heteroatoms. The van der Waals surface area contributed by atoms with Crippen LogP contribution >= 0.6 is 0 Å². The number of methoxy groups -OCH3 is 1. The van der Waals surface area contributed by atoms with Crippen LogP contribution in [0.1, 0.15) is 39.5 Å². The van der Waals surface area contributed by atoms with Crippen LogP contribution in [0, 0.1) is 5.92 Å². The van der Waals surface area contributed by atoms with Crippen LogP contribution in [-0.4, -0.2) is 48.3 Å². The first kappa shape index (κ1) is 14.5. The van der Waals surface area contributed by atoms with Gasteiger partial charge in [-0.3, -0.25) is 9.69 Å². The molecule has 0 aromatic heterocycles. The first-order chi connectivity index (χ1) is 8.06. The maximum Gasteiger partial charge on any atom is 0.304 e. The zero-order valence-corrected chi connectivity index (χ0v) is 11.2. The number of ether oxygens (including phenoxy) is 1. The Morgan fingerprint density at radius 1 is 1.47 bits per heavy atom. The molecule has 2 unspecified atom stereocenters. The Kier molecular flexibility index (Phi) is 5.92. The molecular formula is C13H25NO3. The fourth-order valence-corrected chi connectivity index (χ4v) is 2.72. The molecule has 0 saturated carbocycles. The number of carboxylic acids is 1. The molecule has 1 rings (SSSR count). The molecule has 0 amide bonds. The van der Waals surface area contributed by atoms with Crippen molar-refractivity contribution in [3.63, 3.8) is 0 Å². The molecule has 0 radical (unpaired) electrons. The standard InChI is InChI=1S/C13H25NO3/c1-10(2)12(9-17-3)14-7-5-4-6-11(14)8-13(15)16/h10-12H,4-9H2,1-3H3,(H,15,16). The summed E-state index contributed by atoms with van der Waals surface area (Å²) in [6, 6.07) is 0.522. The molecule has 1 aliphatic rings. The van der Waals surface area contributed by atoms with Crippen molar-refractivity contribution in [3.8, 4) is 0 Å². The third kappa shape index (κ3) is 4.28. The molecule has 0 bridgehead atoms. The van der Waals surface area contributed by atoms with Gasteiger partial charge in [0.1, 0.15) is 0 Å². The lowest BCUT2D eigenvalue weighted by Crippen LogP contribution is -2.51. The van der Waals surface area contributed by atoms with Crippen LogP contribution in [-0.2, 0) is 9.53 Å². The van der Waals surface area contributed by atoms with Gasteiger partial charge >= 0.3 is 5.97 Å². The number of aliphatic carboxylic acids is 1. The Morgan fingerprint density at radius 3 is 2.71 bits per heavy atom. The fourth-order valence-electron chi connectivity index (χ4n) is 2.72. The lowest BCUT2D eigenvalue weighted by molar-refractivity contribution is -0.139. The second-order valence-electron chi connectivity index (χ2n) is 5.25. The van der Waals surface area contributed by atoms with Gasteiger partial charge in [-0.2, -0.15) is 0 Å². The first-order valence-electron chi connectivity index (χ1n) is 6.52. The average Bonchev–Trinajstić information content (AvgIpc) is 2.26. The van der Waals surface area contributed by atoms with Crippen molar-refractivity contribution < 1.29 is 14.6 Å². The second-order valence-corrected chi connectivity index (χ2v) is 5.25. The van der Waals surface area contributed by atoms with E-state index < -0.39 is 5.97 Å². The van der Waals surface area contributed by atoms with Gasteiger partial charge in [0.05, 0.1) is 13.0 Å². The Morgan fingerprint density at radius 2 is 2.18 bits per heavy atom. The van der Waals surface area contributed by atoms with Crippen molar-refractivity contribution in [2.24, 2.45) is 5.92 Å². The summed E-state index contributed by atoms with van der Waals surface area (Å²) in [5.41, 5.74) is 0. The van der Waals surface area contributed by atoms with Crippen LogP contribution in [0.3, 0.4) is 0 Å². The van der Waals surface area contributed by atoms with E-state index in [9.17, 15) is 4.79 Å². The van der Waals surface area contributed by atoms with Crippen LogP contribution < -0.4 is 0 Å². The maximum absolute atomic E-state index is 10.9. The Labute approximate surface area is 104 Å². The SMILES string of the molecule is COCC(C(C)C)N1CCCCC1CC(=O)O. The van der Waals surface area contributed by atoms with Gasteiger partial charge in [0.15, 0.2) is 0 Å². The highest BCUT2D eigenvalue weighted by atomic mass is 16.5. The van der Waals surface area contributed by atoms with Crippen LogP contribution in [0.15, 0.2) is 0 Å².